The average Bonchev–Trinajstić information content (AvgIpc) is 3.39. The molecule has 7 nitrogen and oxygen atoms in total. The maximum Gasteiger partial charge on any atom is 0.259 e. The van der Waals surface area contributed by atoms with Gasteiger partial charge in [0.15, 0.2) is 0 Å². The van der Waals surface area contributed by atoms with E-state index in [1.165, 1.54) is 0 Å². The number of hydrogen-bond acceptors (Lipinski definition) is 4. The lowest BCUT2D eigenvalue weighted by Crippen LogP contribution is -2.20. The van der Waals surface area contributed by atoms with Crippen LogP contribution in [-0.4, -0.2) is 28.1 Å². The van der Waals surface area contributed by atoms with Crippen LogP contribution in [0, 0.1) is 11.3 Å². The molecule has 1 aliphatic heterocycles. The van der Waals surface area contributed by atoms with Crippen LogP contribution in [0.2, 0.25) is 5.02 Å². The summed E-state index contributed by atoms with van der Waals surface area (Å²) in [6, 6.07) is 13.4. The van der Waals surface area contributed by atoms with Crippen LogP contribution >= 0.6 is 11.6 Å². The van der Waals surface area contributed by atoms with Gasteiger partial charge in [0.2, 0.25) is 0 Å². The van der Waals surface area contributed by atoms with Crippen molar-refractivity contribution in [3.8, 4) is 11.8 Å². The van der Waals surface area contributed by atoms with Crippen molar-refractivity contribution in [3.05, 3.63) is 52.5 Å². The third-order valence-electron chi connectivity index (χ3n) is 6.53. The number of rotatable bonds is 3. The highest BCUT2D eigenvalue weighted by molar-refractivity contribution is 6.40. The van der Waals surface area contributed by atoms with Crippen LogP contribution in [0.4, 0.5) is 0 Å². The van der Waals surface area contributed by atoms with Crippen molar-refractivity contribution in [3.63, 3.8) is 0 Å². The Morgan fingerprint density at radius 1 is 1.00 bits per heavy atom. The highest BCUT2D eigenvalue weighted by atomic mass is 35.5. The van der Waals surface area contributed by atoms with Crippen LogP contribution in [0.1, 0.15) is 27.1 Å². The first-order valence-electron chi connectivity index (χ1n) is 10.4. The van der Waals surface area contributed by atoms with E-state index in [0.717, 1.165) is 32.8 Å². The number of ether oxygens (including phenoxy) is 1. The molecule has 2 aromatic heterocycles. The second-order valence-corrected chi connectivity index (χ2v) is 8.58. The second-order valence-electron chi connectivity index (χ2n) is 8.14. The van der Waals surface area contributed by atoms with Gasteiger partial charge in [-0.25, -0.2) is 0 Å². The smallest absolute Gasteiger partial charge is 0.259 e. The fraction of sp³-hybridized carbons (Fsp3) is 0.160. The molecule has 8 heteroatoms. The molecule has 0 aliphatic carbocycles. The molecule has 0 spiro atoms. The fourth-order valence-electron chi connectivity index (χ4n) is 5.23. The van der Waals surface area contributed by atoms with E-state index in [9.17, 15) is 14.9 Å². The number of fused-ring (bicyclic) bond motifs is 10. The number of methoxy groups -OCH3 is 1. The normalized spacial score (nSPS) is 13.3. The van der Waals surface area contributed by atoms with E-state index in [0.29, 0.717) is 45.6 Å². The van der Waals surface area contributed by atoms with Gasteiger partial charge in [-0.15, -0.1) is 0 Å². The number of nitrogens with one attached hydrogen (secondary N) is 1. The molecule has 0 bridgehead atoms. The molecule has 5 aromatic rings. The fourth-order valence-corrected chi connectivity index (χ4v) is 5.41. The zero-order chi connectivity index (χ0) is 23.0. The van der Waals surface area contributed by atoms with E-state index in [4.69, 9.17) is 16.3 Å². The summed E-state index contributed by atoms with van der Waals surface area (Å²) in [7, 11) is 3.53. The Kier molecular flexibility index (Phi) is 4.01. The average molecular weight is 457 g/mol. The van der Waals surface area contributed by atoms with Crippen LogP contribution in [0.5, 0.6) is 5.75 Å². The Balaban J connectivity index is 1.98. The lowest BCUT2D eigenvalue weighted by atomic mass is 9.96. The molecule has 6 rings (SSSR count). The van der Waals surface area contributed by atoms with Gasteiger partial charge in [-0.1, -0.05) is 11.6 Å². The van der Waals surface area contributed by atoms with Crippen molar-refractivity contribution in [1.82, 2.24) is 14.5 Å². The predicted molar refractivity (Wildman–Crippen MR) is 127 cm³/mol. The molecule has 0 radical (unpaired) electrons. The summed E-state index contributed by atoms with van der Waals surface area (Å²) in [5.41, 5.74) is 4.10. The number of carbonyl (C=O) groups excluding carboxylic acids is 2. The number of nitriles is 1. The van der Waals surface area contributed by atoms with Crippen molar-refractivity contribution in [2.75, 3.05) is 7.11 Å². The molecule has 0 fully saturated rings. The lowest BCUT2D eigenvalue weighted by molar-refractivity contribution is 0.0880. The molecule has 0 saturated heterocycles. The lowest BCUT2D eigenvalue weighted by Gasteiger charge is -2.09. The van der Waals surface area contributed by atoms with Crippen molar-refractivity contribution >= 4 is 67.0 Å². The van der Waals surface area contributed by atoms with Gasteiger partial charge < -0.3 is 13.9 Å². The minimum absolute atomic E-state index is 0.295. The number of hydrogen-bond donors (Lipinski definition) is 1. The summed E-state index contributed by atoms with van der Waals surface area (Å²) in [4.78, 5) is 26.2. The van der Waals surface area contributed by atoms with Gasteiger partial charge in [-0.2, -0.15) is 5.26 Å². The van der Waals surface area contributed by atoms with E-state index in [1.54, 1.807) is 13.2 Å². The topological polar surface area (TPSA) is 89.1 Å². The van der Waals surface area contributed by atoms with Crippen LogP contribution in [0.3, 0.4) is 0 Å². The number of imide groups is 1. The number of amides is 2. The summed E-state index contributed by atoms with van der Waals surface area (Å²) in [5, 5.41) is 15.3. The molecule has 162 valence electrons. The predicted octanol–water partition coefficient (Wildman–Crippen LogP) is 4.90. The number of benzene rings is 3. The van der Waals surface area contributed by atoms with Crippen LogP contribution < -0.4 is 10.1 Å². The van der Waals surface area contributed by atoms with Gasteiger partial charge in [0, 0.05) is 51.2 Å². The van der Waals surface area contributed by atoms with Gasteiger partial charge in [-0.05, 0) is 36.4 Å². The first kappa shape index (κ1) is 19.6. The Labute approximate surface area is 192 Å². The molecule has 0 saturated carbocycles. The number of carbonyl (C=O) groups is 2. The molecule has 0 atom stereocenters. The molecule has 1 N–H and O–H groups in total. The Hall–Kier alpha value is -4.02. The van der Waals surface area contributed by atoms with E-state index < -0.39 is 11.8 Å². The van der Waals surface area contributed by atoms with Gasteiger partial charge in [0.25, 0.3) is 11.8 Å². The highest BCUT2D eigenvalue weighted by Crippen LogP contribution is 2.45. The maximum atomic E-state index is 13.1. The Bertz CT molecular complexity index is 1750. The maximum absolute atomic E-state index is 13.1. The third-order valence-corrected chi connectivity index (χ3v) is 6.77. The zero-order valence-corrected chi connectivity index (χ0v) is 18.6. The monoisotopic (exact) mass is 456 g/mol. The summed E-state index contributed by atoms with van der Waals surface area (Å²) in [5.74, 6) is -0.191. The van der Waals surface area contributed by atoms with E-state index in [1.807, 2.05) is 41.9 Å². The summed E-state index contributed by atoms with van der Waals surface area (Å²) < 4.78 is 9.53. The molecule has 3 heterocycles. The van der Waals surface area contributed by atoms with Crippen LogP contribution in [0.25, 0.3) is 43.6 Å². The van der Waals surface area contributed by atoms with Crippen molar-refractivity contribution in [1.29, 1.82) is 5.26 Å². The van der Waals surface area contributed by atoms with E-state index >= 15 is 0 Å². The Morgan fingerprint density at radius 2 is 1.67 bits per heavy atom. The van der Waals surface area contributed by atoms with Crippen molar-refractivity contribution in [2.45, 2.75) is 13.0 Å². The van der Waals surface area contributed by atoms with Gasteiger partial charge >= 0.3 is 0 Å². The molecule has 3 aromatic carbocycles. The molecule has 0 unspecified atom stereocenters. The standard InChI is InChI=1S/C25H17ClN4O3/c1-29-16-7-5-13(33-2)11-15(16)18-20-21(25(32)28-24(20)31)19-14-10-12(26)4-6-17(14)30(9-3-8-27)23(19)22(18)29/h4-7,10-11H,3,9H2,1-2H3,(H,28,31,32). The molecule has 2 amide bonds. The largest absolute Gasteiger partial charge is 0.497 e. The first-order chi connectivity index (χ1) is 16.0. The van der Waals surface area contributed by atoms with Crippen molar-refractivity contribution < 1.29 is 14.3 Å². The number of halogens is 1. The minimum atomic E-state index is -0.430. The minimum Gasteiger partial charge on any atom is -0.497 e. The highest BCUT2D eigenvalue weighted by Gasteiger charge is 2.36. The summed E-state index contributed by atoms with van der Waals surface area (Å²) in [6.07, 6.45) is 0.295. The number of nitrogens with zero attached hydrogens (tertiary/aromatic N) is 3. The number of aromatic nitrogens is 2. The molecular formula is C25H17ClN4O3. The van der Waals surface area contributed by atoms with E-state index in [-0.39, 0.29) is 0 Å². The van der Waals surface area contributed by atoms with Gasteiger partial charge in [0.05, 0.1) is 41.8 Å². The number of aryl methyl sites for hydroxylation is 2. The van der Waals surface area contributed by atoms with E-state index in [2.05, 4.69) is 16.0 Å². The van der Waals surface area contributed by atoms with Crippen LogP contribution in [0.15, 0.2) is 36.4 Å². The van der Waals surface area contributed by atoms with Crippen LogP contribution in [-0.2, 0) is 13.6 Å². The summed E-state index contributed by atoms with van der Waals surface area (Å²) >= 11 is 6.35. The van der Waals surface area contributed by atoms with Gasteiger partial charge in [-0.3, -0.25) is 14.9 Å². The van der Waals surface area contributed by atoms with Gasteiger partial charge in [0.1, 0.15) is 5.75 Å². The summed E-state index contributed by atoms with van der Waals surface area (Å²) in [6.45, 7) is 0.437. The van der Waals surface area contributed by atoms with Crippen molar-refractivity contribution in [2.24, 2.45) is 7.05 Å². The molecular weight excluding hydrogens is 440 g/mol. The Morgan fingerprint density at radius 3 is 2.36 bits per heavy atom. The first-order valence-corrected chi connectivity index (χ1v) is 10.8. The SMILES string of the molecule is COc1ccc2c(c1)c1c3c(c4c5cc(Cl)ccc5n(CCC#N)c4c1n2C)C(=O)NC3=O. The second kappa shape index (κ2) is 6.74. The third kappa shape index (κ3) is 2.44. The zero-order valence-electron chi connectivity index (χ0n) is 17.8. The quantitative estimate of drug-likeness (QED) is 0.391. The molecule has 33 heavy (non-hydrogen) atoms. The molecule has 1 aliphatic rings.